The van der Waals surface area contributed by atoms with E-state index in [1.54, 1.807) is 6.07 Å². The number of rotatable bonds is 6. The summed E-state index contributed by atoms with van der Waals surface area (Å²) in [7, 11) is 0. The summed E-state index contributed by atoms with van der Waals surface area (Å²) >= 11 is 3.35. The van der Waals surface area contributed by atoms with Gasteiger partial charge in [-0.3, -0.25) is 14.4 Å². The number of benzene rings is 1. The van der Waals surface area contributed by atoms with Gasteiger partial charge < -0.3 is 15.4 Å². The standard InChI is InChI=1S/C16H19BrN2O4/c1-9-6-12(9)16(22)23-8-15(21)18-7-14(20)19-13-4-3-11(17)5-10(13)2/h3-5,9,12H,6-8H2,1-2H3,(H,18,21)(H,19,20). The highest BCUT2D eigenvalue weighted by molar-refractivity contribution is 9.10. The fourth-order valence-corrected chi connectivity index (χ4v) is 2.56. The van der Waals surface area contributed by atoms with Crippen molar-refractivity contribution in [3.8, 4) is 0 Å². The van der Waals surface area contributed by atoms with E-state index >= 15 is 0 Å². The molecule has 2 unspecified atom stereocenters. The van der Waals surface area contributed by atoms with Crippen LogP contribution in [0, 0.1) is 18.8 Å². The van der Waals surface area contributed by atoms with Gasteiger partial charge in [-0.05, 0) is 43.0 Å². The molecule has 1 fully saturated rings. The van der Waals surface area contributed by atoms with Crippen molar-refractivity contribution in [3.05, 3.63) is 28.2 Å². The third-order valence-electron chi connectivity index (χ3n) is 3.67. The van der Waals surface area contributed by atoms with Gasteiger partial charge in [-0.1, -0.05) is 22.9 Å². The van der Waals surface area contributed by atoms with E-state index in [1.807, 2.05) is 26.0 Å². The molecule has 1 saturated carbocycles. The first-order valence-corrected chi connectivity index (χ1v) is 8.15. The highest BCUT2D eigenvalue weighted by Gasteiger charge is 2.40. The van der Waals surface area contributed by atoms with Gasteiger partial charge in [-0.15, -0.1) is 0 Å². The Hall–Kier alpha value is -1.89. The Morgan fingerprint density at radius 3 is 2.61 bits per heavy atom. The Kier molecular flexibility index (Phi) is 5.76. The summed E-state index contributed by atoms with van der Waals surface area (Å²) in [5.41, 5.74) is 1.59. The molecule has 7 heteroatoms. The van der Waals surface area contributed by atoms with Crippen LogP contribution in [0.25, 0.3) is 0 Å². The summed E-state index contributed by atoms with van der Waals surface area (Å²) in [4.78, 5) is 34.9. The van der Waals surface area contributed by atoms with Crippen LogP contribution in [0.1, 0.15) is 18.9 Å². The molecule has 1 aromatic carbocycles. The fraction of sp³-hybridized carbons (Fsp3) is 0.438. The minimum atomic E-state index is -0.491. The van der Waals surface area contributed by atoms with Gasteiger partial charge in [0.15, 0.2) is 6.61 Å². The van der Waals surface area contributed by atoms with Crippen LogP contribution >= 0.6 is 15.9 Å². The molecular weight excluding hydrogens is 364 g/mol. The zero-order chi connectivity index (χ0) is 17.0. The number of halogens is 1. The molecule has 0 spiro atoms. The quantitative estimate of drug-likeness (QED) is 0.737. The Bertz CT molecular complexity index is 633. The van der Waals surface area contributed by atoms with Gasteiger partial charge in [0, 0.05) is 10.2 Å². The van der Waals surface area contributed by atoms with Gasteiger partial charge in [-0.25, -0.2) is 0 Å². The highest BCUT2D eigenvalue weighted by Crippen LogP contribution is 2.38. The number of amides is 2. The van der Waals surface area contributed by atoms with Crippen LogP contribution in [0.5, 0.6) is 0 Å². The van der Waals surface area contributed by atoms with E-state index in [2.05, 4.69) is 26.6 Å². The second kappa shape index (κ2) is 7.59. The first-order valence-electron chi connectivity index (χ1n) is 7.36. The van der Waals surface area contributed by atoms with Crippen molar-refractivity contribution in [2.24, 2.45) is 11.8 Å². The molecule has 0 bridgehead atoms. The van der Waals surface area contributed by atoms with Crippen molar-refractivity contribution >= 4 is 39.4 Å². The molecule has 2 amide bonds. The number of hydrogen-bond donors (Lipinski definition) is 2. The zero-order valence-electron chi connectivity index (χ0n) is 13.0. The molecule has 0 aliphatic heterocycles. The molecule has 6 nitrogen and oxygen atoms in total. The maximum atomic E-state index is 11.8. The largest absolute Gasteiger partial charge is 0.455 e. The van der Waals surface area contributed by atoms with Crippen LogP contribution < -0.4 is 10.6 Å². The Labute approximate surface area is 143 Å². The molecule has 0 heterocycles. The molecular formula is C16H19BrN2O4. The van der Waals surface area contributed by atoms with Gasteiger partial charge in [0.2, 0.25) is 5.91 Å². The van der Waals surface area contributed by atoms with Crippen molar-refractivity contribution in [3.63, 3.8) is 0 Å². The van der Waals surface area contributed by atoms with Crippen LogP contribution in [0.3, 0.4) is 0 Å². The average molecular weight is 383 g/mol. The minimum absolute atomic E-state index is 0.0773. The average Bonchev–Trinajstić information content (AvgIpc) is 3.22. The van der Waals surface area contributed by atoms with Crippen LogP contribution in [0.4, 0.5) is 5.69 Å². The number of aryl methyl sites for hydroxylation is 1. The van der Waals surface area contributed by atoms with Gasteiger partial charge in [-0.2, -0.15) is 0 Å². The van der Waals surface area contributed by atoms with Gasteiger partial charge in [0.25, 0.3) is 5.91 Å². The van der Waals surface area contributed by atoms with E-state index in [1.165, 1.54) is 0 Å². The molecule has 1 aliphatic rings. The second-order valence-corrected chi connectivity index (χ2v) is 6.63. The van der Waals surface area contributed by atoms with Crippen molar-refractivity contribution in [1.82, 2.24) is 5.32 Å². The number of carbonyl (C=O) groups is 3. The summed E-state index contributed by atoms with van der Waals surface area (Å²) in [6.45, 7) is 3.30. The predicted molar refractivity (Wildman–Crippen MR) is 88.7 cm³/mol. The number of ether oxygens (including phenoxy) is 1. The topological polar surface area (TPSA) is 84.5 Å². The third kappa shape index (κ3) is 5.35. The summed E-state index contributed by atoms with van der Waals surface area (Å²) in [5, 5.41) is 5.13. The first-order chi connectivity index (χ1) is 10.9. The maximum absolute atomic E-state index is 11.8. The monoisotopic (exact) mass is 382 g/mol. The van der Waals surface area contributed by atoms with Gasteiger partial charge in [0.05, 0.1) is 12.5 Å². The number of esters is 1. The van der Waals surface area contributed by atoms with Crippen molar-refractivity contribution < 1.29 is 19.1 Å². The molecule has 0 aromatic heterocycles. The SMILES string of the molecule is Cc1cc(Br)ccc1NC(=O)CNC(=O)COC(=O)C1CC1C. The molecule has 23 heavy (non-hydrogen) atoms. The number of nitrogens with one attached hydrogen (secondary N) is 2. The summed E-state index contributed by atoms with van der Waals surface area (Å²) in [5.74, 6) is -0.917. The number of carbonyl (C=O) groups excluding carboxylic acids is 3. The lowest BCUT2D eigenvalue weighted by Gasteiger charge is -2.10. The maximum Gasteiger partial charge on any atom is 0.309 e. The fourth-order valence-electron chi connectivity index (χ4n) is 2.09. The lowest BCUT2D eigenvalue weighted by atomic mass is 10.2. The van der Waals surface area contributed by atoms with E-state index in [0.717, 1.165) is 16.5 Å². The highest BCUT2D eigenvalue weighted by atomic mass is 79.9. The molecule has 2 rings (SSSR count). The van der Waals surface area contributed by atoms with Crippen molar-refractivity contribution in [2.75, 3.05) is 18.5 Å². The molecule has 1 aliphatic carbocycles. The van der Waals surface area contributed by atoms with Crippen LogP contribution in [-0.4, -0.2) is 30.9 Å². The Morgan fingerprint density at radius 2 is 2.00 bits per heavy atom. The molecule has 1 aromatic rings. The van der Waals surface area contributed by atoms with E-state index in [0.29, 0.717) is 11.6 Å². The summed E-state index contributed by atoms with van der Waals surface area (Å²) in [6.07, 6.45) is 0.815. The third-order valence-corrected chi connectivity index (χ3v) is 4.16. The Morgan fingerprint density at radius 1 is 1.30 bits per heavy atom. The van der Waals surface area contributed by atoms with E-state index in [-0.39, 0.29) is 30.9 Å². The zero-order valence-corrected chi connectivity index (χ0v) is 14.6. The normalized spacial score (nSPS) is 18.9. The van der Waals surface area contributed by atoms with E-state index in [4.69, 9.17) is 4.74 Å². The molecule has 0 radical (unpaired) electrons. The molecule has 2 N–H and O–H groups in total. The van der Waals surface area contributed by atoms with Gasteiger partial charge in [0.1, 0.15) is 0 Å². The number of anilines is 1. The second-order valence-electron chi connectivity index (χ2n) is 5.71. The van der Waals surface area contributed by atoms with Crippen molar-refractivity contribution in [2.45, 2.75) is 20.3 Å². The lowest BCUT2D eigenvalue weighted by Crippen LogP contribution is -2.35. The first kappa shape index (κ1) is 17.5. The lowest BCUT2D eigenvalue weighted by molar-refractivity contribution is -0.150. The molecule has 124 valence electrons. The van der Waals surface area contributed by atoms with Crippen molar-refractivity contribution in [1.29, 1.82) is 0 Å². The summed E-state index contributed by atoms with van der Waals surface area (Å²) < 4.78 is 5.82. The van der Waals surface area contributed by atoms with E-state index in [9.17, 15) is 14.4 Å². The van der Waals surface area contributed by atoms with Crippen LogP contribution in [-0.2, 0) is 19.1 Å². The van der Waals surface area contributed by atoms with Crippen LogP contribution in [0.15, 0.2) is 22.7 Å². The predicted octanol–water partition coefficient (Wildman–Crippen LogP) is 2.01. The van der Waals surface area contributed by atoms with Crippen LogP contribution in [0.2, 0.25) is 0 Å². The van der Waals surface area contributed by atoms with E-state index < -0.39 is 5.91 Å². The number of hydrogen-bond acceptors (Lipinski definition) is 4. The molecule has 0 saturated heterocycles. The molecule has 2 atom stereocenters. The van der Waals surface area contributed by atoms with Gasteiger partial charge >= 0.3 is 5.97 Å². The Balaban J connectivity index is 1.69. The summed E-state index contributed by atoms with van der Waals surface area (Å²) in [6, 6.07) is 5.48. The minimum Gasteiger partial charge on any atom is -0.455 e. The smallest absolute Gasteiger partial charge is 0.309 e.